The normalized spacial score (nSPS) is 14.6. The third-order valence-electron chi connectivity index (χ3n) is 6.24. The number of halogens is 3. The van der Waals surface area contributed by atoms with Crippen LogP contribution in [0, 0.1) is 17.5 Å². The van der Waals surface area contributed by atoms with Crippen molar-refractivity contribution in [1.29, 1.82) is 0 Å². The average molecular weight is 494 g/mol. The smallest absolute Gasteiger partial charge is 0.229 e. The number of hydrogen-bond donors (Lipinski definition) is 2. The van der Waals surface area contributed by atoms with Crippen molar-refractivity contribution in [1.82, 2.24) is 29.5 Å². The van der Waals surface area contributed by atoms with Crippen molar-refractivity contribution in [2.24, 2.45) is 7.05 Å². The average Bonchev–Trinajstić information content (AvgIpc) is 3.41. The van der Waals surface area contributed by atoms with Gasteiger partial charge in [0.2, 0.25) is 5.95 Å². The number of nitrogens with zero attached hydrogens (tertiary/aromatic N) is 6. The molecule has 1 saturated heterocycles. The fourth-order valence-corrected chi connectivity index (χ4v) is 4.41. The molecule has 3 aromatic heterocycles. The Hall–Kier alpha value is -4.19. The van der Waals surface area contributed by atoms with E-state index in [0.717, 1.165) is 16.6 Å². The van der Waals surface area contributed by atoms with Gasteiger partial charge in [-0.25, -0.2) is 22.8 Å². The molecule has 1 fully saturated rings. The molecule has 2 N–H and O–H groups in total. The van der Waals surface area contributed by atoms with E-state index in [2.05, 4.69) is 30.8 Å². The highest BCUT2D eigenvalue weighted by Crippen LogP contribution is 2.33. The summed E-state index contributed by atoms with van der Waals surface area (Å²) in [7, 11) is 1.87. The summed E-state index contributed by atoms with van der Waals surface area (Å²) in [6, 6.07) is 7.00. The monoisotopic (exact) mass is 494 g/mol. The van der Waals surface area contributed by atoms with Gasteiger partial charge in [-0.2, -0.15) is 15.2 Å². The van der Waals surface area contributed by atoms with Crippen molar-refractivity contribution in [2.45, 2.75) is 18.9 Å². The molecular weight excluding hydrogens is 473 g/mol. The molecule has 5 aromatic rings. The maximum atomic E-state index is 14.3. The number of nitrogens with one attached hydrogen (secondary N) is 2. The van der Waals surface area contributed by atoms with Gasteiger partial charge >= 0.3 is 0 Å². The first-order valence-electron chi connectivity index (χ1n) is 11.4. The molecule has 0 bridgehead atoms. The van der Waals surface area contributed by atoms with Crippen LogP contribution in [0.1, 0.15) is 18.9 Å². The summed E-state index contributed by atoms with van der Waals surface area (Å²) in [5, 5.41) is 16.2. The lowest BCUT2D eigenvalue weighted by atomic mass is 10.1. The van der Waals surface area contributed by atoms with Crippen LogP contribution in [0.25, 0.3) is 21.9 Å². The second kappa shape index (κ2) is 8.79. The van der Waals surface area contributed by atoms with E-state index < -0.39 is 23.1 Å². The molecule has 9 nitrogen and oxygen atoms in total. The SMILES string of the molecule is Cn1ncc2cc(Nc3ncc4c(Nc5c(F)cc(F)cc5F)nn(C5CCOCC5)c4n3)ccc21. The Kier molecular flexibility index (Phi) is 5.44. The van der Waals surface area contributed by atoms with Gasteiger partial charge in [-0.05, 0) is 31.0 Å². The van der Waals surface area contributed by atoms with Crippen LogP contribution >= 0.6 is 0 Å². The van der Waals surface area contributed by atoms with E-state index in [9.17, 15) is 13.2 Å². The number of rotatable bonds is 5. The lowest BCUT2D eigenvalue weighted by Crippen LogP contribution is -2.21. The summed E-state index contributed by atoms with van der Waals surface area (Å²) in [6.45, 7) is 1.13. The van der Waals surface area contributed by atoms with Gasteiger partial charge in [-0.15, -0.1) is 0 Å². The summed E-state index contributed by atoms with van der Waals surface area (Å²) in [5.41, 5.74) is 1.76. The molecule has 0 atom stereocenters. The fraction of sp³-hybridized carbons (Fsp3) is 0.250. The van der Waals surface area contributed by atoms with Gasteiger partial charge in [0.15, 0.2) is 23.1 Å². The topological polar surface area (TPSA) is 94.7 Å². The lowest BCUT2D eigenvalue weighted by molar-refractivity contribution is 0.0674. The number of anilines is 4. The molecule has 4 heterocycles. The van der Waals surface area contributed by atoms with E-state index in [4.69, 9.17) is 4.74 Å². The molecule has 1 aliphatic rings. The molecule has 0 unspecified atom stereocenters. The maximum Gasteiger partial charge on any atom is 0.229 e. The van der Waals surface area contributed by atoms with Crippen molar-refractivity contribution < 1.29 is 17.9 Å². The second-order valence-electron chi connectivity index (χ2n) is 8.60. The van der Waals surface area contributed by atoms with Crippen LogP contribution in [-0.4, -0.2) is 42.7 Å². The third kappa shape index (κ3) is 3.98. The summed E-state index contributed by atoms with van der Waals surface area (Å²) in [6.07, 6.45) is 4.73. The highest BCUT2D eigenvalue weighted by Gasteiger charge is 2.24. The number of fused-ring (bicyclic) bond motifs is 2. The standard InChI is InChI=1S/C24H21F3N8O/c1-34-20-3-2-15(8-13(20)11-29-34)30-24-28-12-17-22(31-21-18(26)9-14(25)10-19(21)27)33-35(23(17)32-24)16-4-6-36-7-5-16/h2-3,8-12,16H,4-7H2,1H3,(H,31,33)(H,28,30,32). The molecule has 36 heavy (non-hydrogen) atoms. The van der Waals surface area contributed by atoms with E-state index in [1.54, 1.807) is 15.6 Å². The van der Waals surface area contributed by atoms with Crippen LogP contribution in [0.5, 0.6) is 0 Å². The molecule has 1 aliphatic heterocycles. The molecular formula is C24H21F3N8O. The first-order valence-corrected chi connectivity index (χ1v) is 11.4. The lowest BCUT2D eigenvalue weighted by Gasteiger charge is -2.22. The van der Waals surface area contributed by atoms with E-state index in [-0.39, 0.29) is 11.9 Å². The van der Waals surface area contributed by atoms with Crippen molar-refractivity contribution in [3.05, 3.63) is 60.2 Å². The van der Waals surface area contributed by atoms with Crippen molar-refractivity contribution in [2.75, 3.05) is 23.8 Å². The van der Waals surface area contributed by atoms with Crippen molar-refractivity contribution in [3.8, 4) is 0 Å². The molecule has 2 aromatic carbocycles. The minimum Gasteiger partial charge on any atom is -0.381 e. The Balaban J connectivity index is 1.40. The number of aromatic nitrogens is 6. The van der Waals surface area contributed by atoms with E-state index in [1.165, 1.54) is 6.20 Å². The second-order valence-corrected chi connectivity index (χ2v) is 8.60. The predicted molar refractivity (Wildman–Crippen MR) is 128 cm³/mol. The molecule has 0 saturated carbocycles. The summed E-state index contributed by atoms with van der Waals surface area (Å²) >= 11 is 0. The number of ether oxygens (including phenoxy) is 1. The molecule has 184 valence electrons. The summed E-state index contributed by atoms with van der Waals surface area (Å²) in [4.78, 5) is 9.08. The Labute approximate surface area is 202 Å². The van der Waals surface area contributed by atoms with Crippen molar-refractivity contribution in [3.63, 3.8) is 0 Å². The highest BCUT2D eigenvalue weighted by molar-refractivity contribution is 5.90. The van der Waals surface area contributed by atoms with Crippen LogP contribution in [0.3, 0.4) is 0 Å². The van der Waals surface area contributed by atoms with Gasteiger partial charge in [0, 0.05) is 49.7 Å². The molecule has 6 rings (SSSR count). The predicted octanol–water partition coefficient (Wildman–Crippen LogP) is 4.97. The van der Waals surface area contributed by atoms with Gasteiger partial charge in [0.05, 0.1) is 23.1 Å². The molecule has 0 amide bonds. The van der Waals surface area contributed by atoms with Crippen molar-refractivity contribution >= 4 is 45.1 Å². The van der Waals surface area contributed by atoms with Gasteiger partial charge < -0.3 is 15.4 Å². The molecule has 12 heteroatoms. The van der Waals surface area contributed by atoms with Crippen LogP contribution in [0.15, 0.2) is 42.7 Å². The quantitative estimate of drug-likeness (QED) is 0.356. The highest BCUT2D eigenvalue weighted by atomic mass is 19.1. The zero-order valence-electron chi connectivity index (χ0n) is 19.2. The molecule has 0 spiro atoms. The minimum absolute atomic E-state index is 0.0193. The Bertz CT molecular complexity index is 1570. The summed E-state index contributed by atoms with van der Waals surface area (Å²) in [5.74, 6) is -2.62. The molecule has 0 radical (unpaired) electrons. The first kappa shape index (κ1) is 22.3. The van der Waals surface area contributed by atoms with Gasteiger partial charge in [0.1, 0.15) is 11.5 Å². The maximum absolute atomic E-state index is 14.3. The Morgan fingerprint density at radius 1 is 1.00 bits per heavy atom. The van der Waals surface area contributed by atoms with Crippen LogP contribution in [-0.2, 0) is 11.8 Å². The third-order valence-corrected chi connectivity index (χ3v) is 6.24. The van der Waals surface area contributed by atoms with E-state index >= 15 is 0 Å². The Morgan fingerprint density at radius 2 is 1.78 bits per heavy atom. The largest absolute Gasteiger partial charge is 0.381 e. The van der Waals surface area contributed by atoms with Crippen LogP contribution in [0.2, 0.25) is 0 Å². The zero-order valence-corrected chi connectivity index (χ0v) is 19.2. The van der Waals surface area contributed by atoms with Crippen LogP contribution < -0.4 is 10.6 Å². The van der Waals surface area contributed by atoms with Crippen LogP contribution in [0.4, 0.5) is 36.3 Å². The van der Waals surface area contributed by atoms with E-state index in [1.807, 2.05) is 25.2 Å². The summed E-state index contributed by atoms with van der Waals surface area (Å²) < 4.78 is 51.1. The zero-order chi connectivity index (χ0) is 24.8. The van der Waals surface area contributed by atoms with Gasteiger partial charge in [0.25, 0.3) is 0 Å². The molecule has 0 aliphatic carbocycles. The van der Waals surface area contributed by atoms with Gasteiger partial charge in [-0.3, -0.25) is 4.68 Å². The minimum atomic E-state index is -1.06. The fourth-order valence-electron chi connectivity index (χ4n) is 4.41. The van der Waals surface area contributed by atoms with E-state index in [0.29, 0.717) is 55.2 Å². The number of hydrogen-bond acceptors (Lipinski definition) is 7. The number of benzene rings is 2. The van der Waals surface area contributed by atoms with Gasteiger partial charge in [-0.1, -0.05) is 0 Å². The number of aryl methyl sites for hydroxylation is 1. The first-order chi connectivity index (χ1) is 17.5. The Morgan fingerprint density at radius 3 is 2.56 bits per heavy atom.